The maximum absolute atomic E-state index is 13.5. The number of rotatable bonds is 7. The molecule has 0 aliphatic carbocycles. The molecule has 0 aromatic heterocycles. The van der Waals surface area contributed by atoms with Crippen LogP contribution in [0, 0.1) is 0 Å². The summed E-state index contributed by atoms with van der Waals surface area (Å²) in [6, 6.07) is 20.1. The first-order chi connectivity index (χ1) is 15.2. The van der Waals surface area contributed by atoms with Crippen molar-refractivity contribution in [1.82, 2.24) is 4.90 Å². The molecule has 2 amide bonds. The molecule has 0 aliphatic heterocycles. The van der Waals surface area contributed by atoms with Crippen molar-refractivity contribution in [2.75, 3.05) is 0 Å². The second-order valence-corrected chi connectivity index (χ2v) is 7.09. The van der Waals surface area contributed by atoms with Crippen LogP contribution in [0.25, 0.3) is 0 Å². The Hall–Kier alpha value is -3.81. The van der Waals surface area contributed by atoms with E-state index in [1.807, 2.05) is 0 Å². The van der Waals surface area contributed by atoms with Gasteiger partial charge in [-0.3, -0.25) is 9.59 Å². The molecule has 0 heterocycles. The van der Waals surface area contributed by atoms with Gasteiger partial charge in [0.25, 0.3) is 5.91 Å². The third kappa shape index (κ3) is 5.46. The lowest BCUT2D eigenvalue weighted by Gasteiger charge is -2.35. The van der Waals surface area contributed by atoms with Gasteiger partial charge in [0, 0.05) is 5.56 Å². The predicted octanol–water partition coefficient (Wildman–Crippen LogP) is 5.02. The molecule has 2 atom stereocenters. The summed E-state index contributed by atoms with van der Waals surface area (Å²) < 4.78 is 42.1. The fraction of sp³-hybridized carbons (Fsp3) is 0.167. The fourth-order valence-corrected chi connectivity index (χ4v) is 3.48. The minimum Gasteiger partial charge on any atom is -0.406 e. The number of nitrogens with zero attached hydrogens (tertiary/aromatic N) is 1. The molecule has 0 bridgehead atoms. The van der Waals surface area contributed by atoms with Crippen LogP contribution in [0.5, 0.6) is 5.75 Å². The van der Waals surface area contributed by atoms with Crippen molar-refractivity contribution in [3.05, 3.63) is 102 Å². The summed E-state index contributed by atoms with van der Waals surface area (Å²) in [6.45, 7) is 1.62. The van der Waals surface area contributed by atoms with Crippen LogP contribution in [0.3, 0.4) is 0 Å². The molecule has 0 spiro atoms. The summed E-state index contributed by atoms with van der Waals surface area (Å²) in [5, 5.41) is 0. The molecule has 0 unspecified atom stereocenters. The third-order valence-corrected chi connectivity index (χ3v) is 4.91. The second kappa shape index (κ2) is 9.55. The summed E-state index contributed by atoms with van der Waals surface area (Å²) in [7, 11) is 0. The fourth-order valence-electron chi connectivity index (χ4n) is 3.48. The second-order valence-electron chi connectivity index (χ2n) is 7.09. The molecule has 0 aliphatic rings. The number of hydrogen-bond donors (Lipinski definition) is 1. The van der Waals surface area contributed by atoms with Crippen LogP contribution < -0.4 is 10.5 Å². The van der Waals surface area contributed by atoms with E-state index < -0.39 is 36.0 Å². The summed E-state index contributed by atoms with van der Waals surface area (Å²) >= 11 is 0. The number of hydrogen-bond acceptors (Lipinski definition) is 3. The van der Waals surface area contributed by atoms with Gasteiger partial charge in [0.2, 0.25) is 5.91 Å². The van der Waals surface area contributed by atoms with Crippen LogP contribution in [0.4, 0.5) is 13.2 Å². The predicted molar refractivity (Wildman–Crippen MR) is 113 cm³/mol. The van der Waals surface area contributed by atoms with Crippen LogP contribution in [0.15, 0.2) is 84.9 Å². The minimum atomic E-state index is -4.86. The molecule has 0 fully saturated rings. The molecule has 3 aromatic rings. The van der Waals surface area contributed by atoms with E-state index in [1.165, 1.54) is 17.0 Å². The molecule has 3 rings (SSSR count). The van der Waals surface area contributed by atoms with E-state index in [1.54, 1.807) is 73.7 Å². The van der Waals surface area contributed by atoms with E-state index >= 15 is 0 Å². The number of carbonyl (C=O) groups is 2. The van der Waals surface area contributed by atoms with Crippen molar-refractivity contribution in [2.45, 2.75) is 25.4 Å². The highest BCUT2D eigenvalue weighted by molar-refractivity contribution is 5.98. The molecule has 0 saturated heterocycles. The summed E-state index contributed by atoms with van der Waals surface area (Å²) in [6.07, 6.45) is -4.86. The molecule has 166 valence electrons. The van der Waals surface area contributed by atoms with Gasteiger partial charge < -0.3 is 15.4 Å². The molecule has 32 heavy (non-hydrogen) atoms. The van der Waals surface area contributed by atoms with Gasteiger partial charge in [-0.2, -0.15) is 0 Å². The molecular weight excluding hydrogens is 421 g/mol. The SMILES string of the molecule is C[C@H](c1cccc(OC(F)(F)F)c1)N(C(=O)c1ccccc1)[C@H](C(N)=O)c1ccccc1. The Kier molecular flexibility index (Phi) is 6.82. The zero-order valence-electron chi connectivity index (χ0n) is 17.1. The lowest BCUT2D eigenvalue weighted by Crippen LogP contribution is -2.43. The van der Waals surface area contributed by atoms with Gasteiger partial charge >= 0.3 is 6.36 Å². The van der Waals surface area contributed by atoms with Crippen molar-refractivity contribution < 1.29 is 27.5 Å². The number of halogens is 3. The van der Waals surface area contributed by atoms with E-state index in [2.05, 4.69) is 4.74 Å². The Balaban J connectivity index is 2.09. The Bertz CT molecular complexity index is 1070. The Morgan fingerprint density at radius 3 is 2.00 bits per heavy atom. The zero-order chi connectivity index (χ0) is 23.3. The van der Waals surface area contributed by atoms with Gasteiger partial charge in [-0.1, -0.05) is 60.7 Å². The topological polar surface area (TPSA) is 72.6 Å². The first-order valence-electron chi connectivity index (χ1n) is 9.75. The van der Waals surface area contributed by atoms with Crippen molar-refractivity contribution in [2.24, 2.45) is 5.73 Å². The van der Waals surface area contributed by atoms with Gasteiger partial charge in [0.15, 0.2) is 0 Å². The standard InChI is InChI=1S/C24H21F3N2O3/c1-16(19-13-8-14-20(15-19)32-24(25,26)27)29(23(31)18-11-6-3-7-12-18)21(22(28)30)17-9-4-2-5-10-17/h2-16,21H,1H3,(H2,28,30)/t16-,21+/m1/s1. The van der Waals surface area contributed by atoms with Crippen LogP contribution in [0.1, 0.15) is 40.5 Å². The number of amides is 2. The van der Waals surface area contributed by atoms with Crippen molar-refractivity contribution in [3.8, 4) is 5.75 Å². The van der Waals surface area contributed by atoms with Crippen molar-refractivity contribution >= 4 is 11.8 Å². The van der Waals surface area contributed by atoms with E-state index in [4.69, 9.17) is 5.73 Å². The summed E-state index contributed by atoms with van der Waals surface area (Å²) in [5.41, 5.74) is 6.85. The van der Waals surface area contributed by atoms with Crippen molar-refractivity contribution in [3.63, 3.8) is 0 Å². The highest BCUT2D eigenvalue weighted by atomic mass is 19.4. The number of alkyl halides is 3. The molecule has 3 aromatic carbocycles. The average molecular weight is 442 g/mol. The van der Waals surface area contributed by atoms with E-state index in [9.17, 15) is 22.8 Å². The van der Waals surface area contributed by atoms with Gasteiger partial charge in [0.1, 0.15) is 11.8 Å². The average Bonchev–Trinajstić information content (AvgIpc) is 2.76. The zero-order valence-corrected chi connectivity index (χ0v) is 17.1. The van der Waals surface area contributed by atoms with Crippen molar-refractivity contribution in [1.29, 1.82) is 0 Å². The van der Waals surface area contributed by atoms with Crippen LogP contribution in [0.2, 0.25) is 0 Å². The largest absolute Gasteiger partial charge is 0.573 e. The quantitative estimate of drug-likeness (QED) is 0.559. The van der Waals surface area contributed by atoms with Gasteiger partial charge in [-0.15, -0.1) is 13.2 Å². The maximum atomic E-state index is 13.5. The Morgan fingerprint density at radius 2 is 1.44 bits per heavy atom. The lowest BCUT2D eigenvalue weighted by atomic mass is 9.98. The normalized spacial score (nSPS) is 13.1. The minimum absolute atomic E-state index is 0.309. The number of nitrogens with two attached hydrogens (primary N) is 1. The van der Waals surface area contributed by atoms with Crippen LogP contribution in [-0.4, -0.2) is 23.1 Å². The third-order valence-electron chi connectivity index (χ3n) is 4.91. The molecular formula is C24H21F3N2O3. The summed E-state index contributed by atoms with van der Waals surface area (Å²) in [5.74, 6) is -1.69. The number of benzene rings is 3. The maximum Gasteiger partial charge on any atom is 0.573 e. The molecule has 8 heteroatoms. The molecule has 5 nitrogen and oxygen atoms in total. The lowest BCUT2D eigenvalue weighted by molar-refractivity contribution is -0.274. The first-order valence-corrected chi connectivity index (χ1v) is 9.75. The van der Waals surface area contributed by atoms with Crippen LogP contribution in [-0.2, 0) is 4.79 Å². The number of carbonyl (C=O) groups excluding carboxylic acids is 2. The van der Waals surface area contributed by atoms with Gasteiger partial charge in [0.05, 0.1) is 6.04 Å². The van der Waals surface area contributed by atoms with E-state index in [-0.39, 0.29) is 0 Å². The van der Waals surface area contributed by atoms with Crippen LogP contribution >= 0.6 is 0 Å². The Labute approximate surface area is 183 Å². The van der Waals surface area contributed by atoms with E-state index in [0.29, 0.717) is 16.7 Å². The monoisotopic (exact) mass is 442 g/mol. The molecule has 0 radical (unpaired) electrons. The van der Waals surface area contributed by atoms with E-state index in [0.717, 1.165) is 6.07 Å². The smallest absolute Gasteiger partial charge is 0.406 e. The van der Waals surface area contributed by atoms with Gasteiger partial charge in [-0.25, -0.2) is 0 Å². The first kappa shape index (κ1) is 22.9. The molecule has 2 N–H and O–H groups in total. The summed E-state index contributed by atoms with van der Waals surface area (Å²) in [4.78, 5) is 27.3. The Morgan fingerprint density at radius 1 is 0.875 bits per heavy atom. The molecule has 0 saturated carbocycles. The highest BCUT2D eigenvalue weighted by Crippen LogP contribution is 2.34. The highest BCUT2D eigenvalue weighted by Gasteiger charge is 2.35. The number of primary amides is 1. The number of ether oxygens (including phenoxy) is 1. The van der Waals surface area contributed by atoms with Gasteiger partial charge in [-0.05, 0) is 42.3 Å².